The van der Waals surface area contributed by atoms with Gasteiger partial charge < -0.3 is 9.31 Å². The van der Waals surface area contributed by atoms with E-state index in [-0.39, 0.29) is 34.9 Å². The minimum absolute atomic E-state index is 0.128. The lowest BCUT2D eigenvalue weighted by Crippen LogP contribution is -2.64. The molecule has 4 fully saturated rings. The van der Waals surface area contributed by atoms with Gasteiger partial charge in [0.05, 0.1) is 11.2 Å². The van der Waals surface area contributed by atoms with Crippen molar-refractivity contribution in [2.75, 3.05) is 0 Å². The molecular formula is C18H23BClFO2. The van der Waals surface area contributed by atoms with Crippen LogP contribution in [0.1, 0.15) is 52.5 Å². The first-order valence-electron chi connectivity index (χ1n) is 8.37. The second-order valence-corrected chi connectivity index (χ2v) is 9.27. The van der Waals surface area contributed by atoms with Gasteiger partial charge in [-0.2, -0.15) is 0 Å². The van der Waals surface area contributed by atoms with Crippen molar-refractivity contribution in [3.05, 3.63) is 34.6 Å². The summed E-state index contributed by atoms with van der Waals surface area (Å²) in [4.78, 5) is 0. The van der Waals surface area contributed by atoms with Crippen molar-refractivity contribution < 1.29 is 13.7 Å². The fraction of sp³-hybridized carbons (Fsp3) is 0.667. The maximum absolute atomic E-state index is 14.0. The summed E-state index contributed by atoms with van der Waals surface area (Å²) in [7, 11) is -0.134. The van der Waals surface area contributed by atoms with Gasteiger partial charge in [0.15, 0.2) is 0 Å². The second kappa shape index (κ2) is 4.53. The van der Waals surface area contributed by atoms with Gasteiger partial charge in [-0.15, -0.1) is 0 Å². The lowest BCUT2D eigenvalue weighted by molar-refractivity contribution is -0.109. The van der Waals surface area contributed by atoms with Crippen LogP contribution in [0.4, 0.5) is 4.39 Å². The van der Waals surface area contributed by atoms with Gasteiger partial charge in [-0.1, -0.05) is 17.7 Å². The van der Waals surface area contributed by atoms with Crippen molar-refractivity contribution in [2.45, 2.75) is 69.9 Å². The lowest BCUT2D eigenvalue weighted by Gasteiger charge is -2.71. The van der Waals surface area contributed by atoms with E-state index in [1.807, 2.05) is 0 Å². The maximum atomic E-state index is 14.0. The van der Waals surface area contributed by atoms with Gasteiger partial charge in [-0.3, -0.25) is 0 Å². The zero-order valence-corrected chi connectivity index (χ0v) is 15.0. The van der Waals surface area contributed by atoms with Crippen molar-refractivity contribution in [1.29, 1.82) is 0 Å². The molecule has 124 valence electrons. The molecule has 2 nitrogen and oxygen atoms in total. The molecule has 5 rings (SSSR count). The largest absolute Gasteiger partial charge is 0.464 e. The van der Waals surface area contributed by atoms with Crippen LogP contribution in [0.5, 0.6) is 0 Å². The van der Waals surface area contributed by atoms with Gasteiger partial charge in [-0.25, -0.2) is 4.39 Å². The van der Waals surface area contributed by atoms with Gasteiger partial charge in [0.2, 0.25) is 0 Å². The van der Waals surface area contributed by atoms with Crippen molar-refractivity contribution in [2.24, 2.45) is 5.41 Å². The summed E-state index contributed by atoms with van der Waals surface area (Å²) in [5, 5.41) is 0.669. The Kier molecular flexibility index (Phi) is 3.14. The molecule has 0 atom stereocenters. The van der Waals surface area contributed by atoms with E-state index in [9.17, 15) is 4.39 Å². The zero-order chi connectivity index (χ0) is 16.7. The first-order chi connectivity index (χ1) is 10.6. The van der Waals surface area contributed by atoms with Crippen LogP contribution in [0.2, 0.25) is 10.3 Å². The summed E-state index contributed by atoms with van der Waals surface area (Å²) in [5.41, 5.74) is 0.288. The highest BCUT2D eigenvalue weighted by molar-refractivity contribution is 6.51. The normalized spacial score (nSPS) is 36.5. The molecule has 3 saturated carbocycles. The van der Waals surface area contributed by atoms with Crippen LogP contribution >= 0.6 is 11.6 Å². The van der Waals surface area contributed by atoms with Crippen LogP contribution < -0.4 is 0 Å². The molecule has 2 bridgehead atoms. The summed E-state index contributed by atoms with van der Waals surface area (Å²) < 4.78 is 26.5. The SMILES string of the molecule is CC1(C)OB(C23CC(Cc4c(F)cccc4Cl)(C2)C3)OC1(C)C. The minimum Gasteiger partial charge on any atom is -0.403 e. The third kappa shape index (κ3) is 2.14. The van der Waals surface area contributed by atoms with Gasteiger partial charge in [0.25, 0.3) is 0 Å². The standard InChI is InChI=1S/C18H23BClFO2/c1-15(2)16(3,4)23-19(22-15)18-9-17(10-18,11-18)8-12-13(20)6-5-7-14(12)21/h5-7H,8-11H2,1-4H3. The first-order valence-corrected chi connectivity index (χ1v) is 8.75. The third-order valence-corrected chi connectivity index (χ3v) is 6.90. The summed E-state index contributed by atoms with van der Waals surface area (Å²) in [5.74, 6) is -0.188. The highest BCUT2D eigenvalue weighted by Crippen LogP contribution is 2.81. The molecule has 1 heterocycles. The zero-order valence-electron chi connectivity index (χ0n) is 14.2. The van der Waals surface area contributed by atoms with E-state index >= 15 is 0 Å². The molecule has 0 radical (unpaired) electrons. The van der Waals surface area contributed by atoms with E-state index in [0.717, 1.165) is 25.7 Å². The summed E-state index contributed by atoms with van der Waals surface area (Å²) in [6, 6.07) is 4.93. The monoisotopic (exact) mass is 336 g/mol. The maximum Gasteiger partial charge on any atom is 0.464 e. The average Bonchev–Trinajstić information content (AvgIpc) is 2.54. The van der Waals surface area contributed by atoms with Gasteiger partial charge in [-0.05, 0) is 70.9 Å². The van der Waals surface area contributed by atoms with Crippen molar-refractivity contribution in [3.63, 3.8) is 0 Å². The van der Waals surface area contributed by atoms with Gasteiger partial charge >= 0.3 is 7.12 Å². The number of hydrogen-bond acceptors (Lipinski definition) is 2. The predicted octanol–water partition coefficient (Wildman–Crippen LogP) is 5.04. The number of halogens is 2. The molecule has 5 heteroatoms. The quantitative estimate of drug-likeness (QED) is 0.720. The van der Waals surface area contributed by atoms with Crippen molar-refractivity contribution in [3.8, 4) is 0 Å². The van der Waals surface area contributed by atoms with Gasteiger partial charge in [0.1, 0.15) is 5.82 Å². The van der Waals surface area contributed by atoms with Crippen molar-refractivity contribution >= 4 is 18.7 Å². The molecule has 0 aromatic heterocycles. The Morgan fingerprint density at radius 1 is 1.09 bits per heavy atom. The molecule has 23 heavy (non-hydrogen) atoms. The molecule has 0 spiro atoms. The van der Waals surface area contributed by atoms with Crippen LogP contribution in [0.15, 0.2) is 18.2 Å². The van der Waals surface area contributed by atoms with Crippen LogP contribution in [0.3, 0.4) is 0 Å². The Hall–Kier alpha value is -0.575. The predicted molar refractivity (Wildman–Crippen MR) is 90.2 cm³/mol. The molecule has 4 aliphatic rings. The Morgan fingerprint density at radius 3 is 2.17 bits per heavy atom. The summed E-state index contributed by atoms with van der Waals surface area (Å²) in [6.45, 7) is 8.36. The first kappa shape index (κ1) is 15.9. The van der Waals surface area contributed by atoms with Gasteiger partial charge in [0, 0.05) is 15.9 Å². The van der Waals surface area contributed by atoms with Crippen molar-refractivity contribution in [1.82, 2.24) is 0 Å². The van der Waals surface area contributed by atoms with Crippen LogP contribution in [-0.4, -0.2) is 18.3 Å². The number of benzene rings is 1. The summed E-state index contributed by atoms with van der Waals surface area (Å²) in [6.07, 6.45) is 3.85. The molecule has 1 aromatic rings. The van der Waals surface area contributed by atoms with E-state index in [0.29, 0.717) is 10.6 Å². The van der Waals surface area contributed by atoms with E-state index in [1.165, 1.54) is 6.07 Å². The Balaban J connectivity index is 1.46. The van der Waals surface area contributed by atoms with E-state index < -0.39 is 0 Å². The third-order valence-electron chi connectivity index (χ3n) is 6.55. The van der Waals surface area contributed by atoms with Crippen LogP contribution in [0, 0.1) is 11.2 Å². The van der Waals surface area contributed by atoms with E-state index in [1.54, 1.807) is 12.1 Å². The average molecular weight is 337 g/mol. The Labute approximate surface area is 142 Å². The van der Waals surface area contributed by atoms with E-state index in [2.05, 4.69) is 27.7 Å². The van der Waals surface area contributed by atoms with Crippen LogP contribution in [-0.2, 0) is 15.7 Å². The molecule has 1 aromatic carbocycles. The molecule has 1 saturated heterocycles. The Bertz CT molecular complexity index is 617. The topological polar surface area (TPSA) is 18.5 Å². The fourth-order valence-corrected chi connectivity index (χ4v) is 4.92. The Morgan fingerprint density at radius 2 is 1.65 bits per heavy atom. The highest BCUT2D eigenvalue weighted by Gasteiger charge is 2.76. The molecular weight excluding hydrogens is 313 g/mol. The fourth-order valence-electron chi connectivity index (χ4n) is 4.69. The summed E-state index contributed by atoms with van der Waals surface area (Å²) >= 11 is 6.18. The molecule has 0 N–H and O–H groups in total. The lowest BCUT2D eigenvalue weighted by atomic mass is 9.23. The molecule has 0 amide bonds. The van der Waals surface area contributed by atoms with E-state index in [4.69, 9.17) is 20.9 Å². The molecule has 0 unspecified atom stereocenters. The van der Waals surface area contributed by atoms with Crippen LogP contribution in [0.25, 0.3) is 0 Å². The molecule has 1 aliphatic heterocycles. The highest BCUT2D eigenvalue weighted by atomic mass is 35.5. The number of hydrogen-bond donors (Lipinski definition) is 0. The molecule has 3 aliphatic carbocycles. The minimum atomic E-state index is -0.283. The smallest absolute Gasteiger partial charge is 0.403 e. The second-order valence-electron chi connectivity index (χ2n) is 8.86. The number of rotatable bonds is 3.